The number of nitrogens with zero attached hydrogens (tertiary/aromatic N) is 1. The number of carbonyl (C=O) groups is 4. The van der Waals surface area contributed by atoms with Crippen LogP contribution in [0.5, 0.6) is 5.75 Å². The van der Waals surface area contributed by atoms with E-state index in [0.717, 1.165) is 11.8 Å². The molecule has 0 aliphatic carbocycles. The Bertz CT molecular complexity index is 1430. The first-order valence-electron chi connectivity index (χ1n) is 12.1. The molecule has 210 valence electrons. The van der Waals surface area contributed by atoms with Crippen LogP contribution in [-0.2, 0) is 30.8 Å². The minimum absolute atomic E-state index is 0.00157. The summed E-state index contributed by atoms with van der Waals surface area (Å²) in [5, 5.41) is 5.23. The second-order valence-corrected chi connectivity index (χ2v) is 9.99. The number of pyridine rings is 1. The molecule has 0 fully saturated rings. The number of benzene rings is 2. The highest BCUT2D eigenvalue weighted by Gasteiger charge is 2.19. The van der Waals surface area contributed by atoms with Gasteiger partial charge in [-0.1, -0.05) is 30.3 Å². The summed E-state index contributed by atoms with van der Waals surface area (Å²) in [6, 6.07) is 17.4. The molecule has 12 nitrogen and oxygen atoms in total. The first-order chi connectivity index (χ1) is 19.1. The van der Waals surface area contributed by atoms with Crippen molar-refractivity contribution >= 4 is 33.7 Å². The van der Waals surface area contributed by atoms with Gasteiger partial charge in [0.25, 0.3) is 27.7 Å². The lowest BCUT2D eigenvalue weighted by Gasteiger charge is -2.09. The van der Waals surface area contributed by atoms with E-state index in [0.29, 0.717) is 18.7 Å². The summed E-state index contributed by atoms with van der Waals surface area (Å²) in [6.07, 6.45) is 1.53. The molecule has 0 bridgehead atoms. The number of aromatic nitrogens is 1. The molecule has 0 radical (unpaired) electrons. The Labute approximate surface area is 231 Å². The summed E-state index contributed by atoms with van der Waals surface area (Å²) in [5.41, 5.74) is 0.710. The predicted molar refractivity (Wildman–Crippen MR) is 143 cm³/mol. The van der Waals surface area contributed by atoms with Gasteiger partial charge in [-0.05, 0) is 48.4 Å². The molecule has 1 heterocycles. The van der Waals surface area contributed by atoms with Crippen molar-refractivity contribution in [3.05, 3.63) is 89.7 Å². The first-order valence-corrected chi connectivity index (χ1v) is 13.6. The molecule has 0 saturated carbocycles. The van der Waals surface area contributed by atoms with Gasteiger partial charge in [-0.25, -0.2) is 13.1 Å². The molecule has 40 heavy (non-hydrogen) atoms. The van der Waals surface area contributed by atoms with Gasteiger partial charge < -0.3 is 20.1 Å². The third-order valence-electron chi connectivity index (χ3n) is 5.26. The van der Waals surface area contributed by atoms with Crippen LogP contribution in [0, 0.1) is 0 Å². The first kappa shape index (κ1) is 29.8. The van der Waals surface area contributed by atoms with E-state index >= 15 is 0 Å². The molecule has 0 unspecified atom stereocenters. The number of ether oxygens (including phenoxy) is 2. The number of sulfonamides is 1. The third-order valence-corrected chi connectivity index (χ3v) is 6.61. The maximum Gasteiger partial charge on any atom is 0.302 e. The minimum atomic E-state index is -4.17. The highest BCUT2D eigenvalue weighted by Crippen LogP contribution is 2.12. The quantitative estimate of drug-likeness (QED) is 0.203. The topological polar surface area (TPSA) is 170 Å². The average Bonchev–Trinajstić information content (AvgIpc) is 2.94. The largest absolute Gasteiger partial charge is 0.484 e. The number of para-hydroxylation sites is 1. The van der Waals surface area contributed by atoms with Crippen LogP contribution in [0.25, 0.3) is 0 Å². The van der Waals surface area contributed by atoms with Crippen LogP contribution >= 0.6 is 0 Å². The summed E-state index contributed by atoms with van der Waals surface area (Å²) >= 11 is 0. The van der Waals surface area contributed by atoms with Crippen molar-refractivity contribution in [2.24, 2.45) is 0 Å². The van der Waals surface area contributed by atoms with Gasteiger partial charge in [-0.2, -0.15) is 0 Å². The van der Waals surface area contributed by atoms with E-state index in [1.54, 1.807) is 36.4 Å². The molecule has 13 heteroatoms. The Morgan fingerprint density at radius 1 is 0.850 bits per heavy atom. The van der Waals surface area contributed by atoms with Crippen LogP contribution in [0.15, 0.2) is 77.8 Å². The van der Waals surface area contributed by atoms with Crippen LogP contribution in [0.1, 0.15) is 33.3 Å². The van der Waals surface area contributed by atoms with E-state index in [1.165, 1.54) is 31.2 Å². The van der Waals surface area contributed by atoms with Gasteiger partial charge in [0.1, 0.15) is 18.1 Å². The SMILES string of the molecule is CC(=O)OCCNC(=O)c1ccc(C(=O)NS(=O)(=O)c2ccc(CCNC(=O)COc3ccccc3)cc2)cn1. The molecule has 0 aliphatic heterocycles. The van der Waals surface area contributed by atoms with Crippen molar-refractivity contribution in [2.45, 2.75) is 18.2 Å². The fourth-order valence-electron chi connectivity index (χ4n) is 3.25. The van der Waals surface area contributed by atoms with Crippen LogP contribution < -0.4 is 20.1 Å². The zero-order valence-electron chi connectivity index (χ0n) is 21.6. The molecule has 3 aromatic rings. The van der Waals surface area contributed by atoms with Crippen molar-refractivity contribution in [3.8, 4) is 5.75 Å². The van der Waals surface area contributed by atoms with Crippen LogP contribution in [0.4, 0.5) is 0 Å². The number of esters is 1. The van der Waals surface area contributed by atoms with Gasteiger partial charge in [0.2, 0.25) is 0 Å². The number of rotatable bonds is 13. The molecule has 0 spiro atoms. The number of nitrogens with one attached hydrogen (secondary N) is 3. The molecule has 1 aromatic heterocycles. The summed E-state index contributed by atoms with van der Waals surface area (Å²) in [6.45, 7) is 1.54. The van der Waals surface area contributed by atoms with Gasteiger partial charge in [-0.3, -0.25) is 24.2 Å². The highest BCUT2D eigenvalue weighted by molar-refractivity contribution is 7.90. The van der Waals surface area contributed by atoms with Gasteiger partial charge >= 0.3 is 5.97 Å². The molecular weight excluding hydrogens is 540 g/mol. The Hall–Kier alpha value is -4.78. The smallest absolute Gasteiger partial charge is 0.302 e. The van der Waals surface area contributed by atoms with E-state index < -0.39 is 27.8 Å². The molecule has 0 saturated heterocycles. The predicted octanol–water partition coefficient (Wildman–Crippen LogP) is 1.23. The summed E-state index contributed by atoms with van der Waals surface area (Å²) in [7, 11) is -4.17. The van der Waals surface area contributed by atoms with Crippen molar-refractivity contribution in [1.82, 2.24) is 20.3 Å². The van der Waals surface area contributed by atoms with Gasteiger partial charge in [0, 0.05) is 19.7 Å². The van der Waals surface area contributed by atoms with Crippen LogP contribution in [0.2, 0.25) is 0 Å². The Balaban J connectivity index is 1.45. The Morgan fingerprint density at radius 3 is 2.23 bits per heavy atom. The maximum absolute atomic E-state index is 12.7. The van der Waals surface area contributed by atoms with E-state index in [-0.39, 0.29) is 41.8 Å². The Morgan fingerprint density at radius 2 is 1.57 bits per heavy atom. The molecule has 3 amide bonds. The fraction of sp³-hybridized carbons (Fsp3) is 0.222. The van der Waals surface area contributed by atoms with Crippen molar-refractivity contribution in [1.29, 1.82) is 0 Å². The van der Waals surface area contributed by atoms with Crippen LogP contribution in [0.3, 0.4) is 0 Å². The monoisotopic (exact) mass is 568 g/mol. The van der Waals surface area contributed by atoms with Gasteiger partial charge in [-0.15, -0.1) is 0 Å². The highest BCUT2D eigenvalue weighted by atomic mass is 32.2. The minimum Gasteiger partial charge on any atom is -0.484 e. The molecule has 0 atom stereocenters. The molecular formula is C27H28N4O8S. The second kappa shape index (κ2) is 14.4. The Kier molecular flexibility index (Phi) is 10.7. The van der Waals surface area contributed by atoms with E-state index in [9.17, 15) is 27.6 Å². The lowest BCUT2D eigenvalue weighted by atomic mass is 10.1. The number of hydrogen-bond acceptors (Lipinski definition) is 9. The van der Waals surface area contributed by atoms with Gasteiger partial charge in [0.15, 0.2) is 6.61 Å². The molecule has 2 aromatic carbocycles. The normalized spacial score (nSPS) is 10.7. The third kappa shape index (κ3) is 9.51. The standard InChI is InChI=1S/C27H28N4O8S/c1-19(32)38-16-15-29-27(35)24-12-9-21(17-30-24)26(34)31-40(36,37)23-10-7-20(8-11-23)13-14-28-25(33)18-39-22-5-3-2-4-6-22/h2-12,17H,13-16,18H2,1H3,(H,28,33)(H,29,35)(H,31,34). The van der Waals surface area contributed by atoms with Crippen molar-refractivity contribution in [2.75, 3.05) is 26.3 Å². The summed E-state index contributed by atoms with van der Waals surface area (Å²) in [5.74, 6) is -1.63. The van der Waals surface area contributed by atoms with E-state index in [4.69, 9.17) is 9.47 Å². The zero-order chi connectivity index (χ0) is 29.0. The lowest BCUT2D eigenvalue weighted by Crippen LogP contribution is -2.31. The average molecular weight is 569 g/mol. The van der Waals surface area contributed by atoms with E-state index in [2.05, 4.69) is 15.6 Å². The summed E-state index contributed by atoms with van der Waals surface area (Å²) in [4.78, 5) is 51.0. The number of amides is 3. The van der Waals surface area contributed by atoms with Gasteiger partial charge in [0.05, 0.1) is 17.0 Å². The number of hydrogen-bond donors (Lipinski definition) is 3. The fourth-order valence-corrected chi connectivity index (χ4v) is 4.22. The van der Waals surface area contributed by atoms with Crippen molar-refractivity contribution in [3.63, 3.8) is 0 Å². The second-order valence-electron chi connectivity index (χ2n) is 8.31. The molecule has 3 N–H and O–H groups in total. The number of carbonyl (C=O) groups excluding carboxylic acids is 4. The maximum atomic E-state index is 12.7. The van der Waals surface area contributed by atoms with Crippen molar-refractivity contribution < 1.29 is 37.1 Å². The molecule has 3 rings (SSSR count). The lowest BCUT2D eigenvalue weighted by molar-refractivity contribution is -0.140. The zero-order valence-corrected chi connectivity index (χ0v) is 22.4. The summed E-state index contributed by atoms with van der Waals surface area (Å²) < 4.78 is 37.4. The van der Waals surface area contributed by atoms with Crippen LogP contribution in [-0.4, -0.2) is 63.4 Å². The van der Waals surface area contributed by atoms with E-state index in [1.807, 2.05) is 10.8 Å². The molecule has 0 aliphatic rings.